The lowest BCUT2D eigenvalue weighted by molar-refractivity contribution is 0.419. The van der Waals surface area contributed by atoms with Crippen LogP contribution in [0.4, 0.5) is 0 Å². The van der Waals surface area contributed by atoms with E-state index in [4.69, 9.17) is 4.74 Å². The van der Waals surface area contributed by atoms with Crippen molar-refractivity contribution in [1.29, 1.82) is 0 Å². The third-order valence-electron chi connectivity index (χ3n) is 3.59. The number of H-pyrrole nitrogens is 1. The number of fused-ring (bicyclic) bond motifs is 1. The van der Waals surface area contributed by atoms with E-state index < -0.39 is 0 Å². The van der Waals surface area contributed by atoms with Crippen molar-refractivity contribution in [2.24, 2.45) is 0 Å². The number of methoxy groups -OCH3 is 1. The van der Waals surface area contributed by atoms with Crippen molar-refractivity contribution in [3.63, 3.8) is 0 Å². The summed E-state index contributed by atoms with van der Waals surface area (Å²) in [5, 5.41) is 4.32. The van der Waals surface area contributed by atoms with Gasteiger partial charge in [0.25, 0.3) is 5.56 Å². The highest BCUT2D eigenvalue weighted by Crippen LogP contribution is 2.26. The molecule has 0 bridgehead atoms. The second-order valence-electron chi connectivity index (χ2n) is 4.67. The number of hydrogen-bond donors (Lipinski definition) is 2. The molecular formula is C14H16N2O2. The highest BCUT2D eigenvalue weighted by molar-refractivity contribution is 5.84. The molecule has 1 aliphatic rings. The van der Waals surface area contributed by atoms with Gasteiger partial charge in [-0.25, -0.2) is 0 Å². The molecule has 0 saturated carbocycles. The standard InChI is InChI=1S/C14H16N2O2/c1-18-12-4-2-3-9-7-11(10-5-6-15-8-10)14(17)16-13(9)12/h2-4,7,10,15H,5-6,8H2,1H3,(H,16,17). The van der Waals surface area contributed by atoms with Crippen molar-refractivity contribution in [3.8, 4) is 5.75 Å². The van der Waals surface area contributed by atoms with Gasteiger partial charge in [0.2, 0.25) is 0 Å². The Hall–Kier alpha value is -1.81. The van der Waals surface area contributed by atoms with Gasteiger partial charge in [-0.2, -0.15) is 0 Å². The van der Waals surface area contributed by atoms with Crippen LogP contribution in [-0.4, -0.2) is 25.2 Å². The van der Waals surface area contributed by atoms with Gasteiger partial charge in [-0.05, 0) is 25.1 Å². The molecule has 3 rings (SSSR count). The first-order valence-electron chi connectivity index (χ1n) is 6.20. The van der Waals surface area contributed by atoms with E-state index >= 15 is 0 Å². The molecule has 1 fully saturated rings. The van der Waals surface area contributed by atoms with Crippen molar-refractivity contribution < 1.29 is 4.74 Å². The van der Waals surface area contributed by atoms with Crippen LogP contribution in [0.2, 0.25) is 0 Å². The molecule has 18 heavy (non-hydrogen) atoms. The molecule has 0 radical (unpaired) electrons. The molecule has 2 aromatic rings. The van der Waals surface area contributed by atoms with Gasteiger partial charge in [-0.3, -0.25) is 4.79 Å². The monoisotopic (exact) mass is 244 g/mol. The van der Waals surface area contributed by atoms with E-state index in [0.717, 1.165) is 36.0 Å². The Morgan fingerprint density at radius 1 is 1.39 bits per heavy atom. The normalized spacial score (nSPS) is 19.3. The molecule has 4 nitrogen and oxygen atoms in total. The number of benzene rings is 1. The molecule has 4 heteroatoms. The molecule has 1 atom stereocenters. The number of pyridine rings is 1. The number of ether oxygens (including phenoxy) is 1. The Morgan fingerprint density at radius 2 is 2.28 bits per heavy atom. The lowest BCUT2D eigenvalue weighted by Crippen LogP contribution is -2.18. The number of nitrogens with one attached hydrogen (secondary N) is 2. The number of para-hydroxylation sites is 1. The highest BCUT2D eigenvalue weighted by atomic mass is 16.5. The van der Waals surface area contributed by atoms with Gasteiger partial charge in [-0.15, -0.1) is 0 Å². The van der Waals surface area contributed by atoms with Gasteiger partial charge < -0.3 is 15.0 Å². The molecule has 1 aromatic heterocycles. The van der Waals surface area contributed by atoms with E-state index in [1.54, 1.807) is 7.11 Å². The molecule has 0 aliphatic carbocycles. The summed E-state index contributed by atoms with van der Waals surface area (Å²) in [5.41, 5.74) is 1.65. The average molecular weight is 244 g/mol. The third-order valence-corrected chi connectivity index (χ3v) is 3.59. The maximum absolute atomic E-state index is 12.1. The fourth-order valence-corrected chi connectivity index (χ4v) is 2.61. The fraction of sp³-hybridized carbons (Fsp3) is 0.357. The van der Waals surface area contributed by atoms with Crippen molar-refractivity contribution >= 4 is 10.9 Å². The zero-order valence-electron chi connectivity index (χ0n) is 10.3. The molecule has 1 saturated heterocycles. The number of hydrogen-bond acceptors (Lipinski definition) is 3. The minimum absolute atomic E-state index is 0.000648. The van der Waals surface area contributed by atoms with Crippen LogP contribution in [0.15, 0.2) is 29.1 Å². The van der Waals surface area contributed by atoms with Crippen LogP contribution in [0.5, 0.6) is 5.75 Å². The Balaban J connectivity index is 2.18. The fourth-order valence-electron chi connectivity index (χ4n) is 2.61. The minimum atomic E-state index is 0.000648. The number of rotatable bonds is 2. The Kier molecular flexibility index (Phi) is 2.80. The van der Waals surface area contributed by atoms with Gasteiger partial charge in [0, 0.05) is 23.4 Å². The lowest BCUT2D eigenvalue weighted by Gasteiger charge is -2.10. The summed E-state index contributed by atoms with van der Waals surface area (Å²) in [6, 6.07) is 7.79. The van der Waals surface area contributed by atoms with Gasteiger partial charge in [-0.1, -0.05) is 12.1 Å². The van der Waals surface area contributed by atoms with Crippen molar-refractivity contribution in [3.05, 3.63) is 40.2 Å². The summed E-state index contributed by atoms with van der Waals surface area (Å²) in [4.78, 5) is 15.1. The van der Waals surface area contributed by atoms with Crippen LogP contribution in [-0.2, 0) is 0 Å². The molecule has 1 unspecified atom stereocenters. The van der Waals surface area contributed by atoms with Gasteiger partial charge in [0.1, 0.15) is 5.75 Å². The predicted octanol–water partition coefficient (Wildman–Crippen LogP) is 1.61. The van der Waals surface area contributed by atoms with Crippen molar-refractivity contribution in [2.75, 3.05) is 20.2 Å². The minimum Gasteiger partial charge on any atom is -0.495 e. The van der Waals surface area contributed by atoms with Crippen LogP contribution >= 0.6 is 0 Å². The van der Waals surface area contributed by atoms with Gasteiger partial charge >= 0.3 is 0 Å². The van der Waals surface area contributed by atoms with E-state index in [1.807, 2.05) is 24.3 Å². The van der Waals surface area contributed by atoms with E-state index in [1.165, 1.54) is 0 Å². The van der Waals surface area contributed by atoms with Crippen LogP contribution in [0.1, 0.15) is 17.9 Å². The molecule has 2 N–H and O–H groups in total. The van der Waals surface area contributed by atoms with Crippen LogP contribution in [0, 0.1) is 0 Å². The molecule has 0 amide bonds. The molecular weight excluding hydrogens is 228 g/mol. The predicted molar refractivity (Wildman–Crippen MR) is 71.3 cm³/mol. The van der Waals surface area contributed by atoms with Gasteiger partial charge in [0.05, 0.1) is 12.6 Å². The van der Waals surface area contributed by atoms with Crippen LogP contribution < -0.4 is 15.6 Å². The van der Waals surface area contributed by atoms with E-state index in [2.05, 4.69) is 10.3 Å². The van der Waals surface area contributed by atoms with Crippen LogP contribution in [0.25, 0.3) is 10.9 Å². The SMILES string of the molecule is COc1cccc2cc(C3CCNC3)c(=O)[nH]c12. The van der Waals surface area contributed by atoms with E-state index in [-0.39, 0.29) is 5.56 Å². The second kappa shape index (κ2) is 4.46. The first-order chi connectivity index (χ1) is 8.79. The quantitative estimate of drug-likeness (QED) is 0.844. The molecule has 1 aromatic carbocycles. The lowest BCUT2D eigenvalue weighted by atomic mass is 9.98. The summed E-state index contributed by atoms with van der Waals surface area (Å²) in [7, 11) is 1.61. The van der Waals surface area contributed by atoms with Gasteiger partial charge in [0.15, 0.2) is 0 Å². The third kappa shape index (κ3) is 1.78. The second-order valence-corrected chi connectivity index (χ2v) is 4.67. The summed E-state index contributed by atoms with van der Waals surface area (Å²) in [6.45, 7) is 1.87. The van der Waals surface area contributed by atoms with Crippen molar-refractivity contribution in [2.45, 2.75) is 12.3 Å². The summed E-state index contributed by atoms with van der Waals surface area (Å²) in [6.07, 6.45) is 1.03. The van der Waals surface area contributed by atoms with Crippen LogP contribution in [0.3, 0.4) is 0 Å². The molecule has 2 heterocycles. The molecule has 0 spiro atoms. The Labute approximate surface area is 105 Å². The summed E-state index contributed by atoms with van der Waals surface area (Å²) in [5.74, 6) is 1.03. The first-order valence-corrected chi connectivity index (χ1v) is 6.20. The Bertz CT molecular complexity index is 627. The Morgan fingerprint density at radius 3 is 3.00 bits per heavy atom. The summed E-state index contributed by atoms with van der Waals surface area (Å²) < 4.78 is 5.27. The topological polar surface area (TPSA) is 54.1 Å². The average Bonchev–Trinajstić information content (AvgIpc) is 2.91. The maximum atomic E-state index is 12.1. The van der Waals surface area contributed by atoms with E-state index in [9.17, 15) is 4.79 Å². The zero-order chi connectivity index (χ0) is 12.5. The summed E-state index contributed by atoms with van der Waals surface area (Å²) >= 11 is 0. The largest absolute Gasteiger partial charge is 0.495 e. The first kappa shape index (κ1) is 11.3. The highest BCUT2D eigenvalue weighted by Gasteiger charge is 2.20. The van der Waals surface area contributed by atoms with E-state index in [0.29, 0.717) is 11.7 Å². The zero-order valence-corrected chi connectivity index (χ0v) is 10.3. The molecule has 1 aliphatic heterocycles. The van der Waals surface area contributed by atoms with Crippen molar-refractivity contribution in [1.82, 2.24) is 10.3 Å². The number of aromatic amines is 1. The number of aromatic nitrogens is 1. The smallest absolute Gasteiger partial charge is 0.252 e. The molecule has 94 valence electrons. The maximum Gasteiger partial charge on any atom is 0.252 e.